The molecule has 3 aromatic carbocycles. The van der Waals surface area contributed by atoms with E-state index in [1.54, 1.807) is 49.3 Å². The van der Waals surface area contributed by atoms with Gasteiger partial charge in [0.1, 0.15) is 22.1 Å². The highest BCUT2D eigenvalue weighted by molar-refractivity contribution is 7.07. The molecule has 1 atom stereocenters. The molecule has 46 heavy (non-hydrogen) atoms. The van der Waals surface area contributed by atoms with Crippen molar-refractivity contribution in [2.75, 3.05) is 25.7 Å². The van der Waals surface area contributed by atoms with Crippen LogP contribution in [0, 0.1) is 0 Å². The first kappa shape index (κ1) is 31.3. The normalized spacial score (nSPS) is 16.6. The molecule has 236 valence electrons. The summed E-state index contributed by atoms with van der Waals surface area (Å²) < 4.78 is 18.5. The number of amides is 1. The molecule has 0 radical (unpaired) electrons. The number of thiazole rings is 1. The van der Waals surface area contributed by atoms with Gasteiger partial charge in [0.05, 0.1) is 49.9 Å². The fraction of sp³-hybridized carbons (Fsp3) is 0.257. The van der Waals surface area contributed by atoms with Gasteiger partial charge in [0.25, 0.3) is 11.5 Å². The Balaban J connectivity index is 1.63. The van der Waals surface area contributed by atoms with Gasteiger partial charge in [-0.05, 0) is 55.3 Å². The van der Waals surface area contributed by atoms with Crippen molar-refractivity contribution in [2.45, 2.75) is 39.3 Å². The minimum absolute atomic E-state index is 0.146. The molecule has 4 aromatic rings. The Labute approximate surface area is 274 Å². The van der Waals surface area contributed by atoms with Crippen LogP contribution in [0.1, 0.15) is 49.4 Å². The maximum Gasteiger partial charge on any atom is 0.338 e. The molecule has 1 amide bonds. The topological polar surface area (TPSA) is 99.4 Å². The molecule has 3 heterocycles. The smallest absolute Gasteiger partial charge is 0.338 e. The number of allylic oxidation sites excluding steroid dienone is 1. The van der Waals surface area contributed by atoms with Gasteiger partial charge >= 0.3 is 5.97 Å². The van der Waals surface area contributed by atoms with Gasteiger partial charge in [0.15, 0.2) is 4.80 Å². The van der Waals surface area contributed by atoms with Crippen LogP contribution in [0.2, 0.25) is 5.02 Å². The van der Waals surface area contributed by atoms with Gasteiger partial charge in [-0.2, -0.15) is 0 Å². The summed E-state index contributed by atoms with van der Waals surface area (Å²) >= 11 is 7.24. The summed E-state index contributed by atoms with van der Waals surface area (Å²) in [7, 11) is 3.07. The van der Waals surface area contributed by atoms with Gasteiger partial charge in [0.2, 0.25) is 0 Å². The maximum atomic E-state index is 14.6. The Morgan fingerprint density at radius 2 is 1.76 bits per heavy atom. The number of hydrogen-bond donors (Lipinski definition) is 0. The Morgan fingerprint density at radius 3 is 2.46 bits per heavy atom. The summed E-state index contributed by atoms with van der Waals surface area (Å²) in [6, 6.07) is 19.0. The lowest BCUT2D eigenvalue weighted by Gasteiger charge is -2.27. The van der Waals surface area contributed by atoms with Crippen LogP contribution in [-0.4, -0.2) is 37.3 Å². The Hall–Kier alpha value is -4.67. The fourth-order valence-electron chi connectivity index (χ4n) is 5.95. The lowest BCUT2D eigenvalue weighted by Crippen LogP contribution is -2.41. The van der Waals surface area contributed by atoms with Crippen molar-refractivity contribution in [3.8, 4) is 11.5 Å². The molecular formula is C35H32ClN3O6S. The lowest BCUT2D eigenvalue weighted by atomic mass is 9.93. The summed E-state index contributed by atoms with van der Waals surface area (Å²) in [4.78, 5) is 49.4. The van der Waals surface area contributed by atoms with Crippen molar-refractivity contribution in [3.05, 3.63) is 119 Å². The van der Waals surface area contributed by atoms with Gasteiger partial charge in [-0.25, -0.2) is 9.79 Å². The van der Waals surface area contributed by atoms with Gasteiger partial charge < -0.3 is 19.1 Å². The maximum absolute atomic E-state index is 14.6. The van der Waals surface area contributed by atoms with Crippen molar-refractivity contribution in [2.24, 2.45) is 4.99 Å². The molecule has 0 unspecified atom stereocenters. The number of nitrogens with zero attached hydrogens (tertiary/aromatic N) is 3. The molecular weight excluding hydrogens is 626 g/mol. The minimum atomic E-state index is -0.937. The van der Waals surface area contributed by atoms with E-state index >= 15 is 0 Å². The molecule has 11 heteroatoms. The van der Waals surface area contributed by atoms with E-state index in [9.17, 15) is 14.4 Å². The number of aromatic nitrogens is 1. The molecule has 1 aromatic heterocycles. The second-order valence-electron chi connectivity index (χ2n) is 10.8. The number of methoxy groups -OCH3 is 2. The van der Waals surface area contributed by atoms with E-state index < -0.39 is 17.6 Å². The lowest BCUT2D eigenvalue weighted by molar-refractivity contribution is -0.139. The van der Waals surface area contributed by atoms with E-state index in [1.165, 1.54) is 11.7 Å². The quantitative estimate of drug-likeness (QED) is 0.231. The highest BCUT2D eigenvalue weighted by Crippen LogP contribution is 2.40. The van der Waals surface area contributed by atoms with E-state index in [4.69, 9.17) is 30.8 Å². The largest absolute Gasteiger partial charge is 0.497 e. The van der Waals surface area contributed by atoms with Crippen molar-refractivity contribution >= 4 is 46.1 Å². The molecule has 0 N–H and O–H groups in total. The van der Waals surface area contributed by atoms with Crippen LogP contribution in [-0.2, 0) is 20.9 Å². The first-order valence-electron chi connectivity index (χ1n) is 14.9. The summed E-state index contributed by atoms with van der Waals surface area (Å²) in [5, 5.41) is 0.602. The summed E-state index contributed by atoms with van der Waals surface area (Å²) in [5.74, 6) is 0.116. The zero-order valence-electron chi connectivity index (χ0n) is 25.8. The average molecular weight is 658 g/mol. The number of fused-ring (bicyclic) bond motifs is 2. The van der Waals surface area contributed by atoms with Crippen molar-refractivity contribution in [1.29, 1.82) is 0 Å². The minimum Gasteiger partial charge on any atom is -0.497 e. The molecule has 0 saturated heterocycles. The Morgan fingerprint density at radius 1 is 1.00 bits per heavy atom. The van der Waals surface area contributed by atoms with Crippen LogP contribution in [0.3, 0.4) is 0 Å². The predicted molar refractivity (Wildman–Crippen MR) is 177 cm³/mol. The predicted octanol–water partition coefficient (Wildman–Crippen LogP) is 5.17. The fourth-order valence-corrected chi connectivity index (χ4v) is 7.18. The van der Waals surface area contributed by atoms with E-state index in [1.807, 2.05) is 43.3 Å². The summed E-state index contributed by atoms with van der Waals surface area (Å²) in [6.45, 7) is 4.17. The zero-order chi connectivity index (χ0) is 32.5. The third kappa shape index (κ3) is 5.41. The van der Waals surface area contributed by atoms with Gasteiger partial charge in [-0.15, -0.1) is 0 Å². The molecule has 0 aliphatic carbocycles. The number of halogens is 1. The van der Waals surface area contributed by atoms with Gasteiger partial charge in [0, 0.05) is 16.1 Å². The molecule has 0 saturated carbocycles. The first-order chi connectivity index (χ1) is 22.3. The summed E-state index contributed by atoms with van der Waals surface area (Å²) in [5.41, 5.74) is 3.41. The molecule has 2 aliphatic rings. The second-order valence-corrected chi connectivity index (χ2v) is 12.2. The average Bonchev–Trinajstić information content (AvgIpc) is 3.53. The zero-order valence-corrected chi connectivity index (χ0v) is 27.4. The van der Waals surface area contributed by atoms with Crippen molar-refractivity contribution in [3.63, 3.8) is 0 Å². The van der Waals surface area contributed by atoms with E-state index in [0.717, 1.165) is 16.9 Å². The molecule has 6 rings (SSSR count). The Kier molecular flexibility index (Phi) is 8.84. The third-order valence-electron chi connectivity index (χ3n) is 8.00. The van der Waals surface area contributed by atoms with Gasteiger partial charge in [-0.3, -0.25) is 14.2 Å². The van der Waals surface area contributed by atoms with E-state index in [2.05, 4.69) is 0 Å². The number of carbonyl (C=O) groups excluding carboxylic acids is 2. The second kappa shape index (κ2) is 13.0. The number of rotatable bonds is 9. The van der Waals surface area contributed by atoms with Crippen LogP contribution >= 0.6 is 22.9 Å². The number of ether oxygens (including phenoxy) is 3. The van der Waals surface area contributed by atoms with Crippen molar-refractivity contribution in [1.82, 2.24) is 4.57 Å². The molecule has 0 spiro atoms. The number of esters is 1. The van der Waals surface area contributed by atoms with E-state index in [-0.39, 0.29) is 22.6 Å². The standard InChI is InChI=1S/C35H32ClN3O6S/c1-5-9-25-29(34(42)45-6-2)30(24-18-22(43-3)16-17-27(24)44-4)39-33(41)31(46-35(39)37-25)28-23-10-7-8-11-26(23)38(32(28)40)19-20-12-14-21(36)15-13-20/h7-8,10-18,30H,5-6,9,19H2,1-4H3/b31-28-/t30-/m0/s1. The van der Waals surface area contributed by atoms with Gasteiger partial charge in [-0.1, -0.05) is 66.6 Å². The monoisotopic (exact) mass is 657 g/mol. The van der Waals surface area contributed by atoms with Crippen molar-refractivity contribution < 1.29 is 23.8 Å². The molecule has 2 aliphatic heterocycles. The number of para-hydroxylation sites is 1. The van der Waals surface area contributed by atoms with Crippen LogP contribution in [0.4, 0.5) is 5.69 Å². The number of hydrogen-bond acceptors (Lipinski definition) is 8. The highest BCUT2D eigenvalue weighted by Gasteiger charge is 2.39. The third-order valence-corrected chi connectivity index (χ3v) is 9.31. The van der Waals surface area contributed by atoms with Crippen LogP contribution < -0.4 is 29.3 Å². The number of benzene rings is 3. The first-order valence-corrected chi connectivity index (χ1v) is 16.1. The van der Waals surface area contributed by atoms with Crippen LogP contribution in [0.25, 0.3) is 5.57 Å². The SMILES string of the molecule is CCCC1=C(C(=O)OCC)[C@H](c2cc(OC)ccc2OC)n2c(s/c(=C3\C(=O)N(Cc4ccc(Cl)cc4)c4ccccc43)c2=O)=N1. The number of anilines is 1. The van der Waals surface area contributed by atoms with E-state index in [0.29, 0.717) is 68.8 Å². The highest BCUT2D eigenvalue weighted by atomic mass is 35.5. The molecule has 9 nitrogen and oxygen atoms in total. The van der Waals surface area contributed by atoms with Crippen LogP contribution in [0.15, 0.2) is 87.8 Å². The molecule has 0 bridgehead atoms. The molecule has 0 fully saturated rings. The van der Waals surface area contributed by atoms with Crippen LogP contribution in [0.5, 0.6) is 11.5 Å². The number of carbonyl (C=O) groups is 2. The Bertz CT molecular complexity index is 2060. The summed E-state index contributed by atoms with van der Waals surface area (Å²) in [6.07, 6.45) is 1.18.